The number of aromatic nitrogens is 2. The number of nitrogens with zero attached hydrogens (tertiary/aromatic N) is 4. The Balaban J connectivity index is 1.55. The smallest absolute Gasteiger partial charge is 0.208 e. The summed E-state index contributed by atoms with van der Waals surface area (Å²) in [5, 5.41) is 10.6. The maximum atomic E-state index is 5.41. The van der Waals surface area contributed by atoms with Crippen LogP contribution >= 0.6 is 11.3 Å². The Hall–Kier alpha value is -0.720. The average molecular weight is 282 g/mol. The summed E-state index contributed by atoms with van der Waals surface area (Å²) in [6.45, 7) is 9.47. The van der Waals surface area contributed by atoms with Crippen molar-refractivity contribution >= 4 is 16.5 Å². The van der Waals surface area contributed by atoms with Gasteiger partial charge in [0.2, 0.25) is 5.13 Å². The Labute approximate surface area is 118 Å². The number of morpholine rings is 1. The van der Waals surface area contributed by atoms with E-state index in [-0.39, 0.29) is 0 Å². The number of aryl methyl sites for hydroxylation is 1. The van der Waals surface area contributed by atoms with Gasteiger partial charge in [0.25, 0.3) is 0 Å². The predicted octanol–water partition coefficient (Wildman–Crippen LogP) is 1.40. The van der Waals surface area contributed by atoms with Crippen molar-refractivity contribution in [1.29, 1.82) is 0 Å². The van der Waals surface area contributed by atoms with Crippen LogP contribution in [0.15, 0.2) is 0 Å². The van der Waals surface area contributed by atoms with Crippen molar-refractivity contribution in [1.82, 2.24) is 15.1 Å². The van der Waals surface area contributed by atoms with Gasteiger partial charge < -0.3 is 9.64 Å². The molecule has 0 bridgehead atoms. The average Bonchev–Trinajstić information content (AvgIpc) is 2.87. The lowest BCUT2D eigenvalue weighted by Crippen LogP contribution is -2.44. The summed E-state index contributed by atoms with van der Waals surface area (Å²) in [6.07, 6.45) is 2.61. The molecule has 2 aliphatic heterocycles. The molecular weight excluding hydrogens is 260 g/mol. The van der Waals surface area contributed by atoms with Gasteiger partial charge >= 0.3 is 0 Å². The van der Waals surface area contributed by atoms with E-state index in [9.17, 15) is 0 Å². The Morgan fingerprint density at radius 2 is 2.11 bits per heavy atom. The molecule has 0 radical (unpaired) electrons. The SMILES string of the molecule is Cc1nnc(N2CCC[C@@H](CN3CCOCC3)C2)s1. The summed E-state index contributed by atoms with van der Waals surface area (Å²) < 4.78 is 5.41. The zero-order valence-corrected chi connectivity index (χ0v) is 12.4. The van der Waals surface area contributed by atoms with Crippen LogP contribution in [0.1, 0.15) is 17.8 Å². The van der Waals surface area contributed by atoms with Crippen LogP contribution in [0.4, 0.5) is 5.13 Å². The third-order valence-electron chi connectivity index (χ3n) is 3.92. The standard InChI is InChI=1S/C13H22N4OS/c1-11-14-15-13(19-11)17-4-2-3-12(10-17)9-16-5-7-18-8-6-16/h12H,2-10H2,1H3/t12-/m0/s1. The largest absolute Gasteiger partial charge is 0.379 e. The molecule has 1 aromatic heterocycles. The first-order valence-corrected chi connectivity index (χ1v) is 7.98. The lowest BCUT2D eigenvalue weighted by molar-refractivity contribution is 0.0296. The van der Waals surface area contributed by atoms with E-state index in [4.69, 9.17) is 4.74 Å². The van der Waals surface area contributed by atoms with Gasteiger partial charge in [-0.15, -0.1) is 10.2 Å². The second kappa shape index (κ2) is 6.15. The first-order chi connectivity index (χ1) is 9.31. The molecule has 0 N–H and O–H groups in total. The summed E-state index contributed by atoms with van der Waals surface area (Å²) in [5.41, 5.74) is 0. The molecule has 5 nitrogen and oxygen atoms in total. The molecule has 0 aliphatic carbocycles. The zero-order valence-electron chi connectivity index (χ0n) is 11.5. The number of hydrogen-bond donors (Lipinski definition) is 0. The van der Waals surface area contributed by atoms with E-state index < -0.39 is 0 Å². The highest BCUT2D eigenvalue weighted by atomic mass is 32.1. The fourth-order valence-electron chi connectivity index (χ4n) is 2.95. The van der Waals surface area contributed by atoms with Crippen molar-refractivity contribution in [2.24, 2.45) is 5.92 Å². The first-order valence-electron chi connectivity index (χ1n) is 7.16. The molecule has 0 unspecified atom stereocenters. The zero-order chi connectivity index (χ0) is 13.1. The predicted molar refractivity (Wildman–Crippen MR) is 76.8 cm³/mol. The van der Waals surface area contributed by atoms with E-state index in [1.54, 1.807) is 11.3 Å². The van der Waals surface area contributed by atoms with Crippen LogP contribution in [0.2, 0.25) is 0 Å². The second-order valence-electron chi connectivity index (χ2n) is 5.47. The summed E-state index contributed by atoms with van der Waals surface area (Å²) >= 11 is 1.71. The van der Waals surface area contributed by atoms with E-state index in [0.717, 1.165) is 55.4 Å². The number of hydrogen-bond acceptors (Lipinski definition) is 6. The first kappa shape index (κ1) is 13.3. The van der Waals surface area contributed by atoms with Gasteiger partial charge in [0.1, 0.15) is 5.01 Å². The second-order valence-corrected chi connectivity index (χ2v) is 6.63. The summed E-state index contributed by atoms with van der Waals surface area (Å²) in [5.74, 6) is 0.760. The molecular formula is C13H22N4OS. The molecule has 6 heteroatoms. The van der Waals surface area contributed by atoms with Crippen LogP contribution < -0.4 is 4.90 Å². The van der Waals surface area contributed by atoms with E-state index in [0.29, 0.717) is 0 Å². The van der Waals surface area contributed by atoms with Gasteiger partial charge in [0.05, 0.1) is 13.2 Å². The third-order valence-corrected chi connectivity index (χ3v) is 4.82. The van der Waals surface area contributed by atoms with Crippen LogP contribution in [0, 0.1) is 12.8 Å². The van der Waals surface area contributed by atoms with Crippen molar-refractivity contribution in [2.75, 3.05) is 50.8 Å². The maximum absolute atomic E-state index is 5.41. The van der Waals surface area contributed by atoms with Crippen LogP contribution in [-0.2, 0) is 4.74 Å². The molecule has 2 fully saturated rings. The molecule has 2 aliphatic rings. The van der Waals surface area contributed by atoms with Crippen molar-refractivity contribution in [2.45, 2.75) is 19.8 Å². The fourth-order valence-corrected chi connectivity index (χ4v) is 3.67. The van der Waals surface area contributed by atoms with E-state index in [1.807, 2.05) is 6.92 Å². The number of ether oxygens (including phenoxy) is 1. The Morgan fingerprint density at radius 3 is 2.84 bits per heavy atom. The Morgan fingerprint density at radius 1 is 1.26 bits per heavy atom. The Kier molecular flexibility index (Phi) is 4.30. The molecule has 106 valence electrons. The van der Waals surface area contributed by atoms with Crippen LogP contribution in [0.25, 0.3) is 0 Å². The van der Waals surface area contributed by atoms with Crippen LogP contribution in [0.5, 0.6) is 0 Å². The molecule has 0 amide bonds. The van der Waals surface area contributed by atoms with Gasteiger partial charge in [0.15, 0.2) is 0 Å². The highest BCUT2D eigenvalue weighted by molar-refractivity contribution is 7.15. The third kappa shape index (κ3) is 3.43. The quantitative estimate of drug-likeness (QED) is 0.838. The van der Waals surface area contributed by atoms with Gasteiger partial charge in [0, 0.05) is 32.7 Å². The van der Waals surface area contributed by atoms with E-state index in [2.05, 4.69) is 20.0 Å². The number of piperidine rings is 1. The summed E-state index contributed by atoms with van der Waals surface area (Å²) in [7, 11) is 0. The van der Waals surface area contributed by atoms with Crippen molar-refractivity contribution in [3.63, 3.8) is 0 Å². The number of anilines is 1. The minimum absolute atomic E-state index is 0.760. The van der Waals surface area contributed by atoms with Gasteiger partial charge in [-0.05, 0) is 25.7 Å². The molecule has 2 saturated heterocycles. The molecule has 3 rings (SSSR count). The molecule has 1 aromatic rings. The highest BCUT2D eigenvalue weighted by Crippen LogP contribution is 2.26. The normalized spacial score (nSPS) is 25.7. The fraction of sp³-hybridized carbons (Fsp3) is 0.846. The van der Waals surface area contributed by atoms with Gasteiger partial charge in [-0.2, -0.15) is 0 Å². The minimum Gasteiger partial charge on any atom is -0.379 e. The van der Waals surface area contributed by atoms with Crippen molar-refractivity contribution in [3.8, 4) is 0 Å². The molecule has 3 heterocycles. The monoisotopic (exact) mass is 282 g/mol. The maximum Gasteiger partial charge on any atom is 0.208 e. The van der Waals surface area contributed by atoms with Gasteiger partial charge in [-0.1, -0.05) is 11.3 Å². The lowest BCUT2D eigenvalue weighted by atomic mass is 9.97. The van der Waals surface area contributed by atoms with Crippen LogP contribution in [-0.4, -0.2) is 61.0 Å². The molecule has 0 saturated carbocycles. The van der Waals surface area contributed by atoms with Crippen molar-refractivity contribution < 1.29 is 4.74 Å². The van der Waals surface area contributed by atoms with E-state index in [1.165, 1.54) is 19.4 Å². The summed E-state index contributed by atoms with van der Waals surface area (Å²) in [6, 6.07) is 0. The Bertz CT molecular complexity index is 405. The molecule has 0 aromatic carbocycles. The molecule has 0 spiro atoms. The lowest BCUT2D eigenvalue weighted by Gasteiger charge is -2.36. The number of rotatable bonds is 3. The molecule has 19 heavy (non-hydrogen) atoms. The summed E-state index contributed by atoms with van der Waals surface area (Å²) in [4.78, 5) is 4.96. The van der Waals surface area contributed by atoms with E-state index >= 15 is 0 Å². The molecule has 1 atom stereocenters. The minimum atomic E-state index is 0.760. The van der Waals surface area contributed by atoms with Crippen LogP contribution in [0.3, 0.4) is 0 Å². The van der Waals surface area contributed by atoms with Gasteiger partial charge in [-0.3, -0.25) is 4.90 Å². The van der Waals surface area contributed by atoms with Gasteiger partial charge in [-0.25, -0.2) is 0 Å². The van der Waals surface area contributed by atoms with Crippen molar-refractivity contribution in [3.05, 3.63) is 5.01 Å². The topological polar surface area (TPSA) is 41.5 Å². The highest BCUT2D eigenvalue weighted by Gasteiger charge is 2.24.